The lowest BCUT2D eigenvalue weighted by Crippen LogP contribution is -2.47. The first-order valence-electron chi connectivity index (χ1n) is 10.6. The molecule has 0 atom stereocenters. The second-order valence-corrected chi connectivity index (χ2v) is 10.4. The number of aromatic nitrogens is 1. The number of nitrogens with one attached hydrogen (secondary N) is 1. The van der Waals surface area contributed by atoms with E-state index in [0.717, 1.165) is 39.3 Å². The SMILES string of the molecule is NCCSc1cccc2ccc(NC(=O)CC34CC5CC(CC(C5)C3)C4)nc12. The zero-order valence-electron chi connectivity index (χ0n) is 16.3. The zero-order valence-corrected chi connectivity index (χ0v) is 17.1. The number of nitrogens with two attached hydrogens (primary N) is 1. The third-order valence-corrected chi connectivity index (χ3v) is 8.11. The van der Waals surface area contributed by atoms with Gasteiger partial charge in [0.2, 0.25) is 5.91 Å². The summed E-state index contributed by atoms with van der Waals surface area (Å²) in [6, 6.07) is 10.2. The highest BCUT2D eigenvalue weighted by Crippen LogP contribution is 2.61. The van der Waals surface area contributed by atoms with Crippen molar-refractivity contribution in [2.24, 2.45) is 28.9 Å². The minimum atomic E-state index is 0.140. The third kappa shape index (κ3) is 3.55. The van der Waals surface area contributed by atoms with Gasteiger partial charge in [0.15, 0.2) is 0 Å². The van der Waals surface area contributed by atoms with Crippen LogP contribution in [0.1, 0.15) is 44.9 Å². The molecule has 28 heavy (non-hydrogen) atoms. The van der Waals surface area contributed by atoms with Crippen LogP contribution in [0.2, 0.25) is 0 Å². The Morgan fingerprint density at radius 3 is 2.50 bits per heavy atom. The van der Waals surface area contributed by atoms with E-state index in [1.165, 1.54) is 38.5 Å². The average molecular weight is 396 g/mol. The second-order valence-electron chi connectivity index (χ2n) is 9.30. The molecule has 1 aromatic carbocycles. The molecule has 0 unspecified atom stereocenters. The number of para-hydroxylation sites is 1. The lowest BCUT2D eigenvalue weighted by Gasteiger charge is -2.56. The normalized spacial score (nSPS) is 30.7. The number of fused-ring (bicyclic) bond motifs is 1. The topological polar surface area (TPSA) is 68.0 Å². The Labute approximate surface area is 171 Å². The molecule has 6 rings (SSSR count). The molecular formula is C23H29N3OS. The van der Waals surface area contributed by atoms with E-state index < -0.39 is 0 Å². The Bertz CT molecular complexity index is 861. The van der Waals surface area contributed by atoms with Crippen molar-refractivity contribution >= 4 is 34.4 Å². The Balaban J connectivity index is 1.32. The molecule has 3 N–H and O–H groups in total. The smallest absolute Gasteiger partial charge is 0.226 e. The highest BCUT2D eigenvalue weighted by atomic mass is 32.2. The number of amides is 1. The summed E-state index contributed by atoms with van der Waals surface area (Å²) in [5.41, 5.74) is 6.87. The molecule has 4 aliphatic carbocycles. The average Bonchev–Trinajstić information content (AvgIpc) is 2.64. The summed E-state index contributed by atoms with van der Waals surface area (Å²) in [5, 5.41) is 4.21. The van der Waals surface area contributed by atoms with Gasteiger partial charge in [-0.2, -0.15) is 0 Å². The Hall–Kier alpha value is -1.59. The third-order valence-electron chi connectivity index (χ3n) is 7.03. The molecule has 1 amide bonds. The Morgan fingerprint density at radius 2 is 1.82 bits per heavy atom. The first kappa shape index (κ1) is 18.4. The van der Waals surface area contributed by atoms with Crippen molar-refractivity contribution in [1.29, 1.82) is 0 Å². The number of anilines is 1. The number of benzene rings is 1. The van der Waals surface area contributed by atoms with Gasteiger partial charge in [-0.3, -0.25) is 4.79 Å². The largest absolute Gasteiger partial charge is 0.330 e. The number of carbonyl (C=O) groups excluding carboxylic acids is 1. The molecule has 0 saturated heterocycles. The number of thioether (sulfide) groups is 1. The molecule has 4 bridgehead atoms. The predicted molar refractivity (Wildman–Crippen MR) is 115 cm³/mol. The van der Waals surface area contributed by atoms with Gasteiger partial charge < -0.3 is 11.1 Å². The monoisotopic (exact) mass is 395 g/mol. The molecule has 0 spiro atoms. The highest BCUT2D eigenvalue weighted by Gasteiger charge is 2.51. The molecule has 4 saturated carbocycles. The quantitative estimate of drug-likeness (QED) is 0.688. The van der Waals surface area contributed by atoms with Gasteiger partial charge in [-0.15, -0.1) is 11.8 Å². The number of hydrogen-bond donors (Lipinski definition) is 2. The molecule has 5 heteroatoms. The fraction of sp³-hybridized carbons (Fsp3) is 0.565. The molecule has 1 aromatic heterocycles. The van der Waals surface area contributed by atoms with Crippen LogP contribution in [0.15, 0.2) is 35.2 Å². The van der Waals surface area contributed by atoms with Crippen molar-refractivity contribution in [1.82, 2.24) is 4.98 Å². The Kier molecular flexibility index (Phi) is 4.84. The number of pyridine rings is 1. The maximum atomic E-state index is 12.9. The minimum absolute atomic E-state index is 0.140. The number of carbonyl (C=O) groups is 1. The van der Waals surface area contributed by atoms with Gasteiger partial charge in [0.1, 0.15) is 5.82 Å². The van der Waals surface area contributed by atoms with E-state index in [-0.39, 0.29) is 11.3 Å². The first-order valence-corrected chi connectivity index (χ1v) is 11.6. The van der Waals surface area contributed by atoms with Crippen LogP contribution in [0.4, 0.5) is 5.82 Å². The molecule has 4 fully saturated rings. The van der Waals surface area contributed by atoms with Crippen molar-refractivity contribution < 1.29 is 4.79 Å². The van der Waals surface area contributed by atoms with Crippen LogP contribution in [-0.2, 0) is 4.79 Å². The van der Waals surface area contributed by atoms with Crippen LogP contribution >= 0.6 is 11.8 Å². The number of nitrogens with zero attached hydrogens (tertiary/aromatic N) is 1. The van der Waals surface area contributed by atoms with Gasteiger partial charge in [0.25, 0.3) is 0 Å². The van der Waals surface area contributed by atoms with E-state index >= 15 is 0 Å². The van der Waals surface area contributed by atoms with Crippen molar-refractivity contribution in [2.75, 3.05) is 17.6 Å². The van der Waals surface area contributed by atoms with E-state index in [1.807, 2.05) is 12.1 Å². The van der Waals surface area contributed by atoms with Crippen LogP contribution in [0.3, 0.4) is 0 Å². The zero-order chi connectivity index (χ0) is 19.1. The fourth-order valence-corrected chi connectivity index (χ4v) is 7.32. The molecule has 4 aliphatic rings. The van der Waals surface area contributed by atoms with Crippen molar-refractivity contribution in [3.05, 3.63) is 30.3 Å². The molecule has 4 nitrogen and oxygen atoms in total. The van der Waals surface area contributed by atoms with Crippen LogP contribution in [0, 0.1) is 23.2 Å². The van der Waals surface area contributed by atoms with E-state index in [1.54, 1.807) is 11.8 Å². The van der Waals surface area contributed by atoms with Gasteiger partial charge in [0, 0.05) is 29.0 Å². The molecule has 2 aromatic rings. The number of rotatable bonds is 6. The van der Waals surface area contributed by atoms with Crippen LogP contribution in [0.25, 0.3) is 10.9 Å². The van der Waals surface area contributed by atoms with E-state index in [4.69, 9.17) is 10.7 Å². The van der Waals surface area contributed by atoms with E-state index in [2.05, 4.69) is 23.5 Å². The maximum Gasteiger partial charge on any atom is 0.226 e. The van der Waals surface area contributed by atoms with Crippen LogP contribution in [0.5, 0.6) is 0 Å². The first-order chi connectivity index (χ1) is 13.6. The number of hydrogen-bond acceptors (Lipinski definition) is 4. The standard InChI is InChI=1S/C23H29N3OS/c24-6-7-28-19-3-1-2-18-4-5-20(26-22(18)19)25-21(27)14-23-11-15-8-16(12-23)10-17(9-15)13-23/h1-5,15-17H,6-14,24H2,(H,25,26,27). The fourth-order valence-electron chi connectivity index (χ4n) is 6.51. The van der Waals surface area contributed by atoms with Crippen molar-refractivity contribution in [3.8, 4) is 0 Å². The van der Waals surface area contributed by atoms with Gasteiger partial charge >= 0.3 is 0 Å². The molecular weight excluding hydrogens is 366 g/mol. The minimum Gasteiger partial charge on any atom is -0.330 e. The maximum absolute atomic E-state index is 12.9. The molecule has 148 valence electrons. The summed E-state index contributed by atoms with van der Waals surface area (Å²) in [5.74, 6) is 4.30. The Morgan fingerprint density at radius 1 is 1.11 bits per heavy atom. The lowest BCUT2D eigenvalue weighted by atomic mass is 9.49. The van der Waals surface area contributed by atoms with Gasteiger partial charge in [-0.25, -0.2) is 4.98 Å². The highest BCUT2D eigenvalue weighted by molar-refractivity contribution is 7.99. The van der Waals surface area contributed by atoms with E-state index in [0.29, 0.717) is 18.8 Å². The van der Waals surface area contributed by atoms with Crippen molar-refractivity contribution in [3.63, 3.8) is 0 Å². The van der Waals surface area contributed by atoms with Gasteiger partial charge in [-0.05, 0) is 79.9 Å². The summed E-state index contributed by atoms with van der Waals surface area (Å²) in [6.07, 6.45) is 8.69. The van der Waals surface area contributed by atoms with E-state index in [9.17, 15) is 4.79 Å². The predicted octanol–water partition coefficient (Wildman–Crippen LogP) is 4.83. The summed E-state index contributed by atoms with van der Waals surface area (Å²) in [7, 11) is 0. The van der Waals surface area contributed by atoms with Crippen LogP contribution < -0.4 is 11.1 Å². The summed E-state index contributed by atoms with van der Waals surface area (Å²) >= 11 is 1.72. The van der Waals surface area contributed by atoms with Gasteiger partial charge in [0.05, 0.1) is 5.52 Å². The van der Waals surface area contributed by atoms with Crippen LogP contribution in [-0.4, -0.2) is 23.2 Å². The summed E-state index contributed by atoms with van der Waals surface area (Å²) in [4.78, 5) is 18.8. The molecule has 0 radical (unpaired) electrons. The van der Waals surface area contributed by atoms with Crippen molar-refractivity contribution in [2.45, 2.75) is 49.8 Å². The summed E-state index contributed by atoms with van der Waals surface area (Å²) in [6.45, 7) is 0.641. The molecule has 1 heterocycles. The second kappa shape index (κ2) is 7.34. The lowest BCUT2D eigenvalue weighted by molar-refractivity contribution is -0.124. The summed E-state index contributed by atoms with van der Waals surface area (Å²) < 4.78 is 0. The van der Waals surface area contributed by atoms with Gasteiger partial charge in [-0.1, -0.05) is 12.1 Å². The molecule has 0 aliphatic heterocycles.